The van der Waals surface area contributed by atoms with Gasteiger partial charge in [0.2, 0.25) is 5.91 Å². The molecule has 6 nitrogen and oxygen atoms in total. The molecule has 0 atom stereocenters. The molecule has 0 spiro atoms. The van der Waals surface area contributed by atoms with Gasteiger partial charge in [0.1, 0.15) is 5.82 Å². The van der Waals surface area contributed by atoms with E-state index in [-0.39, 0.29) is 11.7 Å². The standard InChI is InChI=1S/C21H18ClN5OS2/c22-17-8-6-16(7-9-17)13-27-18(12-15-4-2-1-3-5-15)25-26-21(27)30-14-19(28)24-20-23-10-11-29-20/h1-11H,12-14H2,(H,23,24,28). The number of nitrogens with zero attached hydrogens (tertiary/aromatic N) is 4. The number of amides is 1. The molecule has 152 valence electrons. The Morgan fingerprint density at radius 3 is 2.60 bits per heavy atom. The quantitative estimate of drug-likeness (QED) is 0.388. The SMILES string of the molecule is O=C(CSc1nnc(Cc2ccccc2)n1Cc1ccc(Cl)cc1)Nc1nccs1. The predicted molar refractivity (Wildman–Crippen MR) is 121 cm³/mol. The molecule has 2 aromatic carbocycles. The molecule has 0 saturated carbocycles. The predicted octanol–water partition coefficient (Wildman–Crippen LogP) is 4.76. The van der Waals surface area contributed by atoms with Crippen molar-refractivity contribution in [2.45, 2.75) is 18.1 Å². The number of hydrogen-bond acceptors (Lipinski definition) is 6. The normalized spacial score (nSPS) is 10.8. The highest BCUT2D eigenvalue weighted by atomic mass is 35.5. The molecular weight excluding hydrogens is 438 g/mol. The van der Waals surface area contributed by atoms with Crippen LogP contribution in [0.5, 0.6) is 0 Å². The van der Waals surface area contributed by atoms with Crippen molar-refractivity contribution in [1.82, 2.24) is 19.7 Å². The van der Waals surface area contributed by atoms with E-state index in [1.807, 2.05) is 47.8 Å². The monoisotopic (exact) mass is 455 g/mol. The number of hydrogen-bond donors (Lipinski definition) is 1. The first-order valence-corrected chi connectivity index (χ1v) is 11.4. The fraction of sp³-hybridized carbons (Fsp3) is 0.143. The minimum atomic E-state index is -0.124. The number of nitrogens with one attached hydrogen (secondary N) is 1. The van der Waals surface area contributed by atoms with Crippen molar-refractivity contribution in [3.8, 4) is 0 Å². The molecular formula is C21H18ClN5OS2. The molecule has 30 heavy (non-hydrogen) atoms. The molecule has 4 rings (SSSR count). The maximum atomic E-state index is 12.3. The van der Waals surface area contributed by atoms with Crippen LogP contribution in [0.2, 0.25) is 5.02 Å². The van der Waals surface area contributed by atoms with E-state index in [1.54, 1.807) is 6.20 Å². The summed E-state index contributed by atoms with van der Waals surface area (Å²) in [4.78, 5) is 16.3. The largest absolute Gasteiger partial charge is 0.301 e. The van der Waals surface area contributed by atoms with Crippen LogP contribution in [-0.2, 0) is 17.8 Å². The molecule has 0 radical (unpaired) electrons. The van der Waals surface area contributed by atoms with E-state index in [4.69, 9.17) is 11.6 Å². The Kier molecular flexibility index (Phi) is 6.78. The van der Waals surface area contributed by atoms with E-state index < -0.39 is 0 Å². The van der Waals surface area contributed by atoms with Gasteiger partial charge in [-0.05, 0) is 23.3 Å². The lowest BCUT2D eigenvalue weighted by molar-refractivity contribution is -0.113. The van der Waals surface area contributed by atoms with Crippen LogP contribution in [0.15, 0.2) is 71.3 Å². The van der Waals surface area contributed by atoms with Crippen LogP contribution < -0.4 is 5.32 Å². The molecule has 2 aromatic heterocycles. The third-order valence-electron chi connectivity index (χ3n) is 4.26. The van der Waals surface area contributed by atoms with Gasteiger partial charge in [0.05, 0.1) is 12.3 Å². The minimum Gasteiger partial charge on any atom is -0.301 e. The Morgan fingerprint density at radius 2 is 1.87 bits per heavy atom. The highest BCUT2D eigenvalue weighted by molar-refractivity contribution is 7.99. The lowest BCUT2D eigenvalue weighted by Crippen LogP contribution is -2.15. The van der Waals surface area contributed by atoms with Gasteiger partial charge >= 0.3 is 0 Å². The van der Waals surface area contributed by atoms with E-state index in [0.29, 0.717) is 28.3 Å². The zero-order valence-electron chi connectivity index (χ0n) is 15.9. The van der Waals surface area contributed by atoms with E-state index >= 15 is 0 Å². The lowest BCUT2D eigenvalue weighted by atomic mass is 10.1. The van der Waals surface area contributed by atoms with Crippen LogP contribution in [0.4, 0.5) is 5.13 Å². The van der Waals surface area contributed by atoms with Gasteiger partial charge in [-0.3, -0.25) is 4.79 Å². The minimum absolute atomic E-state index is 0.124. The van der Waals surface area contributed by atoms with Crippen LogP contribution in [0, 0.1) is 0 Å². The molecule has 4 aromatic rings. The van der Waals surface area contributed by atoms with E-state index in [2.05, 4.69) is 37.2 Å². The van der Waals surface area contributed by atoms with Crippen molar-refractivity contribution in [2.24, 2.45) is 0 Å². The molecule has 1 amide bonds. The molecule has 1 N–H and O–H groups in total. The van der Waals surface area contributed by atoms with Gasteiger partial charge in [-0.1, -0.05) is 65.8 Å². The van der Waals surface area contributed by atoms with E-state index in [0.717, 1.165) is 17.0 Å². The molecule has 0 fully saturated rings. The maximum absolute atomic E-state index is 12.3. The number of thioether (sulfide) groups is 1. The van der Waals surface area contributed by atoms with Gasteiger partial charge in [0.25, 0.3) is 0 Å². The van der Waals surface area contributed by atoms with Crippen LogP contribution >= 0.6 is 34.7 Å². The third kappa shape index (κ3) is 5.47. The molecule has 2 heterocycles. The van der Waals surface area contributed by atoms with Crippen molar-refractivity contribution in [1.29, 1.82) is 0 Å². The zero-order valence-corrected chi connectivity index (χ0v) is 18.3. The van der Waals surface area contributed by atoms with E-state index in [9.17, 15) is 4.79 Å². The van der Waals surface area contributed by atoms with E-state index in [1.165, 1.54) is 23.1 Å². The fourth-order valence-electron chi connectivity index (χ4n) is 2.84. The van der Waals surface area contributed by atoms with Crippen LogP contribution in [0.3, 0.4) is 0 Å². The zero-order chi connectivity index (χ0) is 20.8. The number of carbonyl (C=O) groups is 1. The summed E-state index contributed by atoms with van der Waals surface area (Å²) in [7, 11) is 0. The van der Waals surface area contributed by atoms with Crippen molar-refractivity contribution in [3.05, 3.63) is 88.1 Å². The van der Waals surface area contributed by atoms with Gasteiger partial charge in [-0.15, -0.1) is 21.5 Å². The van der Waals surface area contributed by atoms with Gasteiger partial charge in [-0.25, -0.2) is 4.98 Å². The Bertz CT molecular complexity index is 1100. The lowest BCUT2D eigenvalue weighted by Gasteiger charge is -2.11. The summed E-state index contributed by atoms with van der Waals surface area (Å²) < 4.78 is 2.05. The smallest absolute Gasteiger partial charge is 0.236 e. The molecule has 0 aliphatic carbocycles. The first kappa shape index (κ1) is 20.6. The maximum Gasteiger partial charge on any atom is 0.236 e. The van der Waals surface area contributed by atoms with Crippen LogP contribution in [0.1, 0.15) is 17.0 Å². The second-order valence-electron chi connectivity index (χ2n) is 6.45. The van der Waals surface area contributed by atoms with Gasteiger partial charge in [0.15, 0.2) is 10.3 Å². The number of rotatable bonds is 8. The Morgan fingerprint density at radius 1 is 1.07 bits per heavy atom. The molecule has 0 bridgehead atoms. The summed E-state index contributed by atoms with van der Waals surface area (Å²) in [5.41, 5.74) is 2.24. The third-order valence-corrected chi connectivity index (χ3v) is 6.17. The summed E-state index contributed by atoms with van der Waals surface area (Å²) in [6, 6.07) is 17.8. The Labute approximate surface area is 187 Å². The van der Waals surface area contributed by atoms with Gasteiger partial charge in [-0.2, -0.15) is 0 Å². The van der Waals surface area contributed by atoms with Crippen molar-refractivity contribution < 1.29 is 4.79 Å². The first-order valence-electron chi connectivity index (χ1n) is 9.20. The average Bonchev–Trinajstić information content (AvgIpc) is 3.39. The van der Waals surface area contributed by atoms with Gasteiger partial charge < -0.3 is 9.88 Å². The summed E-state index contributed by atoms with van der Waals surface area (Å²) >= 11 is 8.77. The number of halogens is 1. The first-order chi connectivity index (χ1) is 14.7. The summed E-state index contributed by atoms with van der Waals surface area (Å²) in [6.45, 7) is 0.600. The number of benzene rings is 2. The number of thiazole rings is 1. The Balaban J connectivity index is 1.52. The topological polar surface area (TPSA) is 72.7 Å². The van der Waals surface area contributed by atoms with Crippen LogP contribution in [0.25, 0.3) is 0 Å². The number of aromatic nitrogens is 4. The second kappa shape index (κ2) is 9.88. The molecule has 0 aliphatic heterocycles. The van der Waals surface area contributed by atoms with Crippen molar-refractivity contribution >= 4 is 45.7 Å². The number of carbonyl (C=O) groups excluding carboxylic acids is 1. The number of anilines is 1. The van der Waals surface area contributed by atoms with Gasteiger partial charge in [0, 0.05) is 23.0 Å². The fourth-order valence-corrected chi connectivity index (χ4v) is 4.26. The molecule has 9 heteroatoms. The highest BCUT2D eigenvalue weighted by Crippen LogP contribution is 2.22. The summed E-state index contributed by atoms with van der Waals surface area (Å²) in [5, 5.41) is 15.4. The molecule has 0 unspecified atom stereocenters. The Hall–Kier alpha value is -2.68. The van der Waals surface area contributed by atoms with Crippen LogP contribution in [-0.4, -0.2) is 31.4 Å². The molecule has 0 saturated heterocycles. The highest BCUT2D eigenvalue weighted by Gasteiger charge is 2.16. The summed E-state index contributed by atoms with van der Waals surface area (Å²) in [6.07, 6.45) is 2.32. The molecule has 0 aliphatic rings. The second-order valence-corrected chi connectivity index (χ2v) is 8.72. The van der Waals surface area contributed by atoms with Crippen molar-refractivity contribution in [2.75, 3.05) is 11.1 Å². The average molecular weight is 456 g/mol. The van der Waals surface area contributed by atoms with Crippen molar-refractivity contribution in [3.63, 3.8) is 0 Å². The summed E-state index contributed by atoms with van der Waals surface area (Å²) in [5.74, 6) is 0.948.